The molecule has 2 aromatic carbocycles. The lowest BCUT2D eigenvalue weighted by atomic mass is 9.92. The number of hydrogen-bond acceptors (Lipinski definition) is 4. The first-order valence-corrected chi connectivity index (χ1v) is 9.11. The smallest absolute Gasteiger partial charge is 0.297 e. The van der Waals surface area contributed by atoms with Crippen LogP contribution in [0.4, 0.5) is 0 Å². The van der Waals surface area contributed by atoms with Gasteiger partial charge in [-0.1, -0.05) is 48.0 Å². The summed E-state index contributed by atoms with van der Waals surface area (Å²) in [4.78, 5) is 0.191. The van der Waals surface area contributed by atoms with Gasteiger partial charge in [0.15, 0.2) is 0 Å². The van der Waals surface area contributed by atoms with Gasteiger partial charge >= 0.3 is 0 Å². The van der Waals surface area contributed by atoms with E-state index in [0.717, 1.165) is 17.5 Å². The Kier molecular flexibility index (Phi) is 4.80. The summed E-state index contributed by atoms with van der Waals surface area (Å²) in [6.07, 6.45) is 0.950. The quantitative estimate of drug-likeness (QED) is 0.760. The Bertz CT molecular complexity index is 738. The van der Waals surface area contributed by atoms with Crippen LogP contribution in [0.3, 0.4) is 0 Å². The first-order chi connectivity index (χ1) is 11.0. The molecule has 122 valence electrons. The van der Waals surface area contributed by atoms with Crippen LogP contribution in [-0.4, -0.2) is 20.6 Å². The minimum Gasteiger partial charge on any atom is -0.371 e. The van der Waals surface area contributed by atoms with E-state index >= 15 is 0 Å². The van der Waals surface area contributed by atoms with Gasteiger partial charge in [-0.05, 0) is 37.5 Å². The maximum Gasteiger partial charge on any atom is 0.297 e. The van der Waals surface area contributed by atoms with Crippen LogP contribution >= 0.6 is 0 Å². The fourth-order valence-electron chi connectivity index (χ4n) is 2.44. The zero-order valence-corrected chi connectivity index (χ0v) is 13.8. The minimum atomic E-state index is -3.73. The molecule has 2 atom stereocenters. The molecule has 2 unspecified atom stereocenters. The predicted octanol–water partition coefficient (Wildman–Crippen LogP) is 3.45. The Morgan fingerprint density at radius 2 is 1.61 bits per heavy atom. The lowest BCUT2D eigenvalue weighted by molar-refractivity contribution is -0.0891. The Morgan fingerprint density at radius 3 is 2.22 bits per heavy atom. The summed E-state index contributed by atoms with van der Waals surface area (Å²) >= 11 is 0. The summed E-state index contributed by atoms with van der Waals surface area (Å²) in [6.45, 7) is 2.38. The van der Waals surface area contributed by atoms with E-state index in [-0.39, 0.29) is 11.0 Å². The monoisotopic (exact) mass is 332 g/mol. The third kappa shape index (κ3) is 3.99. The molecular weight excluding hydrogens is 312 g/mol. The predicted molar refractivity (Wildman–Crippen MR) is 87.5 cm³/mol. The maximum absolute atomic E-state index is 12.3. The maximum atomic E-state index is 12.3. The summed E-state index contributed by atoms with van der Waals surface area (Å²) in [5.74, 6) is 0. The molecule has 0 amide bonds. The van der Waals surface area contributed by atoms with E-state index < -0.39 is 16.2 Å². The van der Waals surface area contributed by atoms with Crippen LogP contribution in [0.5, 0.6) is 0 Å². The molecule has 0 aromatic heterocycles. The van der Waals surface area contributed by atoms with Crippen molar-refractivity contribution in [1.82, 2.24) is 0 Å². The Morgan fingerprint density at radius 1 is 0.957 bits per heavy atom. The zero-order valence-electron chi connectivity index (χ0n) is 13.0. The SMILES string of the molecule is Cc1ccc(S(=O)(=O)OC2CCC2OCc2ccccc2)cc1. The zero-order chi connectivity index (χ0) is 16.3. The summed E-state index contributed by atoms with van der Waals surface area (Å²) in [6, 6.07) is 16.5. The molecule has 1 aliphatic carbocycles. The fraction of sp³-hybridized carbons (Fsp3) is 0.333. The van der Waals surface area contributed by atoms with Crippen molar-refractivity contribution in [3.05, 3.63) is 65.7 Å². The topological polar surface area (TPSA) is 52.6 Å². The minimum absolute atomic E-state index is 0.171. The molecule has 0 radical (unpaired) electrons. The third-order valence-electron chi connectivity index (χ3n) is 4.02. The van der Waals surface area contributed by atoms with E-state index in [1.807, 2.05) is 37.3 Å². The van der Waals surface area contributed by atoms with Gasteiger partial charge in [-0.3, -0.25) is 4.18 Å². The van der Waals surface area contributed by atoms with Crippen molar-refractivity contribution in [1.29, 1.82) is 0 Å². The van der Waals surface area contributed by atoms with Crippen molar-refractivity contribution < 1.29 is 17.3 Å². The molecule has 1 fully saturated rings. The molecule has 3 rings (SSSR count). The number of hydrogen-bond donors (Lipinski definition) is 0. The van der Waals surface area contributed by atoms with Gasteiger partial charge < -0.3 is 4.74 Å². The highest BCUT2D eigenvalue weighted by Gasteiger charge is 2.37. The van der Waals surface area contributed by atoms with Crippen molar-refractivity contribution in [3.63, 3.8) is 0 Å². The molecule has 0 N–H and O–H groups in total. The van der Waals surface area contributed by atoms with Crippen LogP contribution in [0.25, 0.3) is 0 Å². The van der Waals surface area contributed by atoms with Crippen molar-refractivity contribution in [2.45, 2.75) is 43.5 Å². The van der Waals surface area contributed by atoms with E-state index in [9.17, 15) is 8.42 Å². The van der Waals surface area contributed by atoms with Gasteiger partial charge in [0, 0.05) is 0 Å². The Balaban J connectivity index is 1.58. The summed E-state index contributed by atoms with van der Waals surface area (Å²) < 4.78 is 35.7. The Labute approximate surface area is 137 Å². The van der Waals surface area contributed by atoms with Crippen LogP contribution in [-0.2, 0) is 25.6 Å². The first kappa shape index (κ1) is 16.2. The third-order valence-corrected chi connectivity index (χ3v) is 5.37. The molecule has 1 aliphatic rings. The molecule has 2 aromatic rings. The van der Waals surface area contributed by atoms with Gasteiger partial charge in [-0.2, -0.15) is 8.42 Å². The second kappa shape index (κ2) is 6.83. The van der Waals surface area contributed by atoms with Crippen LogP contribution < -0.4 is 0 Å². The fourth-order valence-corrected chi connectivity index (χ4v) is 3.57. The molecule has 0 spiro atoms. The number of rotatable bonds is 6. The van der Waals surface area contributed by atoms with Gasteiger partial charge in [0.25, 0.3) is 10.1 Å². The summed E-state index contributed by atoms with van der Waals surface area (Å²) in [5, 5.41) is 0. The highest BCUT2D eigenvalue weighted by molar-refractivity contribution is 7.86. The van der Waals surface area contributed by atoms with Gasteiger partial charge in [0.1, 0.15) is 6.10 Å². The molecule has 0 aliphatic heterocycles. The molecule has 5 heteroatoms. The number of benzene rings is 2. The van der Waals surface area contributed by atoms with Gasteiger partial charge in [0.2, 0.25) is 0 Å². The lowest BCUT2D eigenvalue weighted by Crippen LogP contribution is -2.42. The average molecular weight is 332 g/mol. The van der Waals surface area contributed by atoms with Crippen molar-refractivity contribution >= 4 is 10.1 Å². The molecule has 0 bridgehead atoms. The largest absolute Gasteiger partial charge is 0.371 e. The van der Waals surface area contributed by atoms with E-state index in [2.05, 4.69) is 0 Å². The number of aryl methyl sites for hydroxylation is 1. The van der Waals surface area contributed by atoms with Crippen LogP contribution in [0, 0.1) is 6.92 Å². The molecule has 23 heavy (non-hydrogen) atoms. The molecule has 4 nitrogen and oxygen atoms in total. The highest BCUT2D eigenvalue weighted by Crippen LogP contribution is 2.30. The second-order valence-corrected chi connectivity index (χ2v) is 7.39. The van der Waals surface area contributed by atoms with E-state index in [1.54, 1.807) is 24.3 Å². The van der Waals surface area contributed by atoms with E-state index in [1.165, 1.54) is 0 Å². The first-order valence-electron chi connectivity index (χ1n) is 7.70. The second-order valence-electron chi connectivity index (χ2n) is 5.81. The van der Waals surface area contributed by atoms with Crippen molar-refractivity contribution in [3.8, 4) is 0 Å². The van der Waals surface area contributed by atoms with Crippen molar-refractivity contribution in [2.24, 2.45) is 0 Å². The molecule has 0 saturated heterocycles. The molecule has 1 saturated carbocycles. The number of ether oxygens (including phenoxy) is 1. The average Bonchev–Trinajstić information content (AvgIpc) is 2.53. The Hall–Kier alpha value is -1.69. The standard InChI is InChI=1S/C18H20O4S/c1-14-7-9-16(10-8-14)23(19,20)22-18-12-11-17(18)21-13-15-5-3-2-4-6-15/h2-10,17-18H,11-13H2,1H3. The molecule has 0 heterocycles. The summed E-state index contributed by atoms with van der Waals surface area (Å²) in [7, 11) is -3.73. The van der Waals surface area contributed by atoms with E-state index in [0.29, 0.717) is 13.0 Å². The van der Waals surface area contributed by atoms with Gasteiger partial charge in [-0.15, -0.1) is 0 Å². The lowest BCUT2D eigenvalue weighted by Gasteiger charge is -2.35. The molecular formula is C18H20O4S. The van der Waals surface area contributed by atoms with Crippen LogP contribution in [0.2, 0.25) is 0 Å². The van der Waals surface area contributed by atoms with Crippen molar-refractivity contribution in [2.75, 3.05) is 0 Å². The summed E-state index contributed by atoms with van der Waals surface area (Å²) in [5.41, 5.74) is 2.08. The normalized spacial score (nSPS) is 20.9. The van der Waals surface area contributed by atoms with E-state index in [4.69, 9.17) is 8.92 Å². The van der Waals surface area contributed by atoms with Gasteiger partial charge in [-0.25, -0.2) is 0 Å². The van der Waals surface area contributed by atoms with Crippen LogP contribution in [0.1, 0.15) is 24.0 Å². The highest BCUT2D eigenvalue weighted by atomic mass is 32.2. The van der Waals surface area contributed by atoms with Gasteiger partial charge in [0.05, 0.1) is 17.6 Å². The van der Waals surface area contributed by atoms with Crippen LogP contribution in [0.15, 0.2) is 59.5 Å².